The van der Waals surface area contributed by atoms with E-state index in [-0.39, 0.29) is 27.9 Å². The fourth-order valence-corrected chi connectivity index (χ4v) is 4.80. The number of carbonyl (C=O) groups is 4. The molecule has 0 spiro atoms. The molecule has 1 aliphatic heterocycles. The molecule has 1 aromatic heterocycles. The van der Waals surface area contributed by atoms with E-state index in [1.807, 2.05) is 42.5 Å². The summed E-state index contributed by atoms with van der Waals surface area (Å²) in [4.78, 5) is 53.4. The number of aliphatic carboxylic acids is 1. The van der Waals surface area contributed by atoms with E-state index >= 15 is 0 Å². The molecule has 0 radical (unpaired) electrons. The Morgan fingerprint density at radius 1 is 0.976 bits per heavy atom. The number of amides is 3. The lowest BCUT2D eigenvalue weighted by molar-refractivity contribution is -0.133. The lowest BCUT2D eigenvalue weighted by Crippen LogP contribution is -2.36. The first-order chi connectivity index (χ1) is 19.7. The van der Waals surface area contributed by atoms with Gasteiger partial charge in [-0.2, -0.15) is 0 Å². The number of hydrogen-bond acceptors (Lipinski definition) is 6. The molecule has 10 nitrogen and oxygen atoms in total. The van der Waals surface area contributed by atoms with Crippen LogP contribution in [0.5, 0.6) is 0 Å². The minimum Gasteiger partial charge on any atom is -0.477 e. The van der Waals surface area contributed by atoms with Crippen LogP contribution in [0.3, 0.4) is 0 Å². The van der Waals surface area contributed by atoms with Crippen molar-refractivity contribution in [2.24, 2.45) is 0 Å². The van der Waals surface area contributed by atoms with Crippen molar-refractivity contribution in [2.45, 2.75) is 25.7 Å². The Bertz CT molecular complexity index is 1490. The summed E-state index contributed by atoms with van der Waals surface area (Å²) in [5, 5.41) is 19.7. The van der Waals surface area contributed by atoms with E-state index in [1.54, 1.807) is 12.1 Å². The Kier molecular flexibility index (Phi) is 9.94. The number of fused-ring (bicyclic) bond motifs is 1. The number of aromatic nitrogens is 1. The minimum atomic E-state index is -1.51. The molecule has 3 amide bonds. The Balaban J connectivity index is 1.29. The minimum absolute atomic E-state index is 0.0205. The van der Waals surface area contributed by atoms with Crippen LogP contribution in [0.15, 0.2) is 66.5 Å². The van der Waals surface area contributed by atoms with Crippen LogP contribution in [-0.4, -0.2) is 46.9 Å². The van der Waals surface area contributed by atoms with Crippen LogP contribution in [0, 0.1) is 0 Å². The van der Waals surface area contributed by atoms with Gasteiger partial charge in [0.15, 0.2) is 0 Å². The molecule has 212 valence electrons. The van der Waals surface area contributed by atoms with Crippen molar-refractivity contribution in [3.63, 3.8) is 0 Å². The third-order valence-corrected chi connectivity index (χ3v) is 6.83. The van der Waals surface area contributed by atoms with Gasteiger partial charge < -0.3 is 26.4 Å². The topological polar surface area (TPSA) is 150 Å². The number of nitrogens with one attached hydrogen (secondary N) is 4. The van der Waals surface area contributed by atoms with Crippen molar-refractivity contribution in [2.75, 3.05) is 18.4 Å². The SMILES string of the molecule is O=C(CNC(=O)CCc1ccc2c(n1)NCCC2)N/C=C(/NC(=O)c1c(Cl)cc(-c2ccccc2)cc1Cl)C(=O)O. The Morgan fingerprint density at radius 2 is 1.71 bits per heavy atom. The first-order valence-electron chi connectivity index (χ1n) is 12.8. The maximum Gasteiger partial charge on any atom is 0.353 e. The van der Waals surface area contributed by atoms with E-state index < -0.39 is 30.0 Å². The molecule has 12 heteroatoms. The Hall–Kier alpha value is -4.41. The number of aryl methyl sites for hydroxylation is 2. The number of hydrogen-bond donors (Lipinski definition) is 5. The van der Waals surface area contributed by atoms with Crippen LogP contribution < -0.4 is 21.3 Å². The number of pyridine rings is 1. The molecule has 0 bridgehead atoms. The van der Waals surface area contributed by atoms with Crippen LogP contribution in [0.1, 0.15) is 34.5 Å². The van der Waals surface area contributed by atoms with Gasteiger partial charge in [-0.3, -0.25) is 14.4 Å². The van der Waals surface area contributed by atoms with Crippen LogP contribution in [0.25, 0.3) is 11.1 Å². The monoisotopic (exact) mass is 595 g/mol. The molecular formula is C29H27Cl2N5O5. The largest absolute Gasteiger partial charge is 0.477 e. The maximum atomic E-state index is 12.8. The number of benzene rings is 2. The molecule has 0 saturated carbocycles. The number of rotatable bonds is 10. The average molecular weight is 596 g/mol. The van der Waals surface area contributed by atoms with Gasteiger partial charge >= 0.3 is 5.97 Å². The molecule has 2 heterocycles. The average Bonchev–Trinajstić information content (AvgIpc) is 2.96. The predicted molar refractivity (Wildman–Crippen MR) is 156 cm³/mol. The molecule has 0 saturated heterocycles. The van der Waals surface area contributed by atoms with Crippen molar-refractivity contribution in [1.29, 1.82) is 0 Å². The van der Waals surface area contributed by atoms with Crippen molar-refractivity contribution in [1.82, 2.24) is 20.9 Å². The first-order valence-corrected chi connectivity index (χ1v) is 13.5. The van der Waals surface area contributed by atoms with E-state index in [9.17, 15) is 24.3 Å². The number of carboxylic acids is 1. The van der Waals surface area contributed by atoms with Crippen molar-refractivity contribution >= 4 is 52.7 Å². The summed E-state index contributed by atoms with van der Waals surface area (Å²) >= 11 is 12.6. The third-order valence-electron chi connectivity index (χ3n) is 6.24. The second-order valence-corrected chi connectivity index (χ2v) is 10.00. The molecule has 4 rings (SSSR count). The van der Waals surface area contributed by atoms with Gasteiger partial charge in [0.05, 0.1) is 22.2 Å². The Labute approximate surface area is 246 Å². The number of carbonyl (C=O) groups excluding carboxylic acids is 3. The number of carboxylic acid groups (broad SMARTS) is 1. The molecule has 0 aliphatic carbocycles. The van der Waals surface area contributed by atoms with Gasteiger partial charge in [-0.1, -0.05) is 59.6 Å². The van der Waals surface area contributed by atoms with E-state index in [2.05, 4.69) is 26.3 Å². The summed E-state index contributed by atoms with van der Waals surface area (Å²) in [5.41, 5.74) is 2.67. The molecule has 1 aliphatic rings. The third kappa shape index (κ3) is 8.06. The second-order valence-electron chi connectivity index (χ2n) is 9.18. The van der Waals surface area contributed by atoms with Crippen molar-refractivity contribution in [3.8, 4) is 11.1 Å². The summed E-state index contributed by atoms with van der Waals surface area (Å²) in [7, 11) is 0. The zero-order valence-corrected chi connectivity index (χ0v) is 23.3. The highest BCUT2D eigenvalue weighted by Crippen LogP contribution is 2.32. The summed E-state index contributed by atoms with van der Waals surface area (Å²) in [5.74, 6) is -2.60. The van der Waals surface area contributed by atoms with Crippen LogP contribution in [-0.2, 0) is 27.2 Å². The Morgan fingerprint density at radius 3 is 2.41 bits per heavy atom. The van der Waals surface area contributed by atoms with Gasteiger partial charge in [0, 0.05) is 24.9 Å². The summed E-state index contributed by atoms with van der Waals surface area (Å²) in [6, 6.07) is 16.2. The summed E-state index contributed by atoms with van der Waals surface area (Å²) < 4.78 is 0. The molecule has 0 fully saturated rings. The number of halogens is 2. The first kappa shape index (κ1) is 29.6. The van der Waals surface area contributed by atoms with Crippen LogP contribution in [0.2, 0.25) is 10.0 Å². The van der Waals surface area contributed by atoms with Gasteiger partial charge in [-0.25, -0.2) is 9.78 Å². The number of anilines is 1. The highest BCUT2D eigenvalue weighted by molar-refractivity contribution is 6.40. The van der Waals surface area contributed by atoms with E-state index in [4.69, 9.17) is 23.2 Å². The zero-order chi connectivity index (χ0) is 29.4. The predicted octanol–water partition coefficient (Wildman–Crippen LogP) is 3.93. The zero-order valence-electron chi connectivity index (χ0n) is 21.8. The van der Waals surface area contributed by atoms with Crippen molar-refractivity contribution in [3.05, 3.63) is 93.4 Å². The lowest BCUT2D eigenvalue weighted by atomic mass is 10.0. The fraction of sp³-hybridized carbons (Fsp3) is 0.207. The highest BCUT2D eigenvalue weighted by atomic mass is 35.5. The second kappa shape index (κ2) is 13.8. The fourth-order valence-electron chi connectivity index (χ4n) is 4.14. The standard InChI is InChI=1S/C29H27Cl2N5O5/c30-21-13-19(17-5-2-1-3-6-17)14-22(31)26(21)28(39)36-23(29(40)41)15-33-25(38)16-34-24(37)11-10-20-9-8-18-7-4-12-32-27(18)35-20/h1-3,5-6,8-9,13-15H,4,7,10-12,16H2,(H,32,35)(H,33,38)(H,34,37)(H,36,39)(H,40,41)/b23-15+. The van der Waals surface area contributed by atoms with Gasteiger partial charge in [0.1, 0.15) is 11.5 Å². The lowest BCUT2D eigenvalue weighted by Gasteiger charge is -2.17. The molecule has 5 N–H and O–H groups in total. The molecule has 0 unspecified atom stereocenters. The molecule has 3 aromatic rings. The molecular weight excluding hydrogens is 569 g/mol. The van der Waals surface area contributed by atoms with Gasteiger partial charge in [-0.05, 0) is 54.2 Å². The molecule has 0 atom stereocenters. The van der Waals surface area contributed by atoms with E-state index in [0.29, 0.717) is 12.0 Å². The van der Waals surface area contributed by atoms with E-state index in [0.717, 1.165) is 48.2 Å². The van der Waals surface area contributed by atoms with Gasteiger partial charge in [0.2, 0.25) is 11.8 Å². The number of nitrogens with zero attached hydrogens (tertiary/aromatic N) is 1. The molecule has 41 heavy (non-hydrogen) atoms. The van der Waals surface area contributed by atoms with Crippen LogP contribution in [0.4, 0.5) is 5.82 Å². The summed E-state index contributed by atoms with van der Waals surface area (Å²) in [6.07, 6.45) is 3.36. The van der Waals surface area contributed by atoms with Gasteiger partial charge in [0.25, 0.3) is 5.91 Å². The normalized spacial score (nSPS) is 12.5. The maximum absolute atomic E-state index is 12.8. The highest BCUT2D eigenvalue weighted by Gasteiger charge is 2.20. The smallest absolute Gasteiger partial charge is 0.353 e. The van der Waals surface area contributed by atoms with Crippen LogP contribution >= 0.6 is 23.2 Å². The van der Waals surface area contributed by atoms with Crippen molar-refractivity contribution < 1.29 is 24.3 Å². The van der Waals surface area contributed by atoms with Gasteiger partial charge in [-0.15, -0.1) is 0 Å². The quantitative estimate of drug-likeness (QED) is 0.223. The molecule has 2 aromatic carbocycles. The van der Waals surface area contributed by atoms with E-state index in [1.165, 1.54) is 0 Å². The summed E-state index contributed by atoms with van der Waals surface area (Å²) in [6.45, 7) is 0.470.